The third-order valence-electron chi connectivity index (χ3n) is 5.41. The smallest absolute Gasteiger partial charge is 0.258 e. The Morgan fingerprint density at radius 1 is 1.00 bits per heavy atom. The normalized spacial score (nSPS) is 23.7. The second-order valence-corrected chi connectivity index (χ2v) is 8.22. The zero-order chi connectivity index (χ0) is 21.7. The molecule has 3 saturated carbocycles. The molecule has 2 bridgehead atoms. The first-order valence-corrected chi connectivity index (χ1v) is 9.44. The Balaban J connectivity index is 1.27. The standard InChI is InChI=1S/C20H17ClF3N3O3/c21-12-2-1-10(3-13(12)22)30-6-17(28)26-19-7-20(8-19,9-19)27-18(29)11-4-14(23)15(24)5-16(11)25/h1-5H,6-9,25H2,(H,26,28)(H,27,29). The number of anilines is 1. The Labute approximate surface area is 174 Å². The summed E-state index contributed by atoms with van der Waals surface area (Å²) in [5.41, 5.74) is 4.35. The zero-order valence-electron chi connectivity index (χ0n) is 15.5. The van der Waals surface area contributed by atoms with Crippen molar-refractivity contribution in [1.82, 2.24) is 10.6 Å². The van der Waals surface area contributed by atoms with Crippen LogP contribution in [-0.2, 0) is 4.79 Å². The Hall–Kier alpha value is -2.94. The number of hydrogen-bond acceptors (Lipinski definition) is 4. The van der Waals surface area contributed by atoms with E-state index in [1.54, 1.807) is 0 Å². The summed E-state index contributed by atoms with van der Waals surface area (Å²) < 4.78 is 45.2. The molecule has 0 radical (unpaired) electrons. The summed E-state index contributed by atoms with van der Waals surface area (Å²) in [4.78, 5) is 24.5. The minimum absolute atomic E-state index is 0.0434. The Morgan fingerprint density at radius 2 is 1.63 bits per heavy atom. The van der Waals surface area contributed by atoms with Crippen LogP contribution in [-0.4, -0.2) is 29.5 Å². The fraction of sp³-hybridized carbons (Fsp3) is 0.300. The molecular weight excluding hydrogens is 423 g/mol. The molecule has 2 aromatic carbocycles. The predicted octanol–water partition coefficient (Wildman–Crippen LogP) is 2.94. The Bertz CT molecular complexity index is 1040. The van der Waals surface area contributed by atoms with E-state index in [0.29, 0.717) is 19.3 Å². The number of nitrogens with one attached hydrogen (secondary N) is 2. The van der Waals surface area contributed by atoms with Gasteiger partial charge in [0.15, 0.2) is 18.2 Å². The fourth-order valence-electron chi connectivity index (χ4n) is 4.17. The van der Waals surface area contributed by atoms with Crippen molar-refractivity contribution in [2.45, 2.75) is 30.3 Å². The average Bonchev–Trinajstić information content (AvgIpc) is 2.62. The van der Waals surface area contributed by atoms with Gasteiger partial charge in [0.1, 0.15) is 11.6 Å². The van der Waals surface area contributed by atoms with Gasteiger partial charge in [0, 0.05) is 28.9 Å². The molecular formula is C20H17ClF3N3O3. The lowest BCUT2D eigenvalue weighted by Gasteiger charge is -2.70. The topological polar surface area (TPSA) is 93.5 Å². The van der Waals surface area contributed by atoms with Gasteiger partial charge in [-0.05, 0) is 37.5 Å². The molecule has 6 nitrogen and oxygen atoms in total. The van der Waals surface area contributed by atoms with Crippen LogP contribution in [0.5, 0.6) is 5.75 Å². The van der Waals surface area contributed by atoms with Gasteiger partial charge < -0.3 is 21.1 Å². The van der Waals surface area contributed by atoms with Crippen LogP contribution in [0.2, 0.25) is 5.02 Å². The van der Waals surface area contributed by atoms with Crippen molar-refractivity contribution < 1.29 is 27.5 Å². The van der Waals surface area contributed by atoms with Gasteiger partial charge in [0.2, 0.25) is 0 Å². The van der Waals surface area contributed by atoms with Gasteiger partial charge in [-0.25, -0.2) is 13.2 Å². The molecule has 2 aromatic rings. The number of carbonyl (C=O) groups is 2. The quantitative estimate of drug-likeness (QED) is 0.603. The highest BCUT2D eigenvalue weighted by Crippen LogP contribution is 2.60. The summed E-state index contributed by atoms with van der Waals surface area (Å²) in [7, 11) is 0. The number of rotatable bonds is 6. The summed E-state index contributed by atoms with van der Waals surface area (Å²) in [6.07, 6.45) is 1.49. The number of nitrogens with two attached hydrogens (primary N) is 1. The van der Waals surface area contributed by atoms with E-state index < -0.39 is 34.4 Å². The summed E-state index contributed by atoms with van der Waals surface area (Å²) in [5, 5.41) is 5.59. The van der Waals surface area contributed by atoms with Gasteiger partial charge in [-0.15, -0.1) is 0 Å². The monoisotopic (exact) mass is 439 g/mol. The molecule has 2 amide bonds. The first kappa shape index (κ1) is 20.3. The lowest BCUT2D eigenvalue weighted by molar-refractivity contribution is -0.141. The Morgan fingerprint density at radius 3 is 2.30 bits per heavy atom. The second kappa shape index (κ2) is 7.09. The maximum Gasteiger partial charge on any atom is 0.258 e. The van der Waals surface area contributed by atoms with Crippen molar-refractivity contribution in [3.05, 3.63) is 58.4 Å². The molecule has 0 aliphatic heterocycles. The second-order valence-electron chi connectivity index (χ2n) is 7.81. The molecule has 0 heterocycles. The van der Waals surface area contributed by atoms with Crippen LogP contribution < -0.4 is 21.1 Å². The van der Waals surface area contributed by atoms with E-state index in [9.17, 15) is 22.8 Å². The van der Waals surface area contributed by atoms with Crippen LogP contribution in [0, 0.1) is 17.5 Å². The maximum absolute atomic E-state index is 13.4. The van der Waals surface area contributed by atoms with Crippen molar-refractivity contribution in [1.29, 1.82) is 0 Å². The highest BCUT2D eigenvalue weighted by Gasteiger charge is 2.69. The molecule has 3 fully saturated rings. The highest BCUT2D eigenvalue weighted by molar-refractivity contribution is 6.30. The first-order valence-electron chi connectivity index (χ1n) is 9.06. The summed E-state index contributed by atoms with van der Waals surface area (Å²) in [6, 6.07) is 5.40. The van der Waals surface area contributed by atoms with Crippen LogP contribution in [0.15, 0.2) is 30.3 Å². The van der Waals surface area contributed by atoms with Crippen molar-refractivity contribution in [3.63, 3.8) is 0 Å². The van der Waals surface area contributed by atoms with E-state index in [4.69, 9.17) is 22.1 Å². The van der Waals surface area contributed by atoms with Crippen LogP contribution in [0.1, 0.15) is 29.6 Å². The predicted molar refractivity (Wildman–Crippen MR) is 103 cm³/mol. The number of benzene rings is 2. The van der Waals surface area contributed by atoms with Gasteiger partial charge in [0.05, 0.1) is 10.6 Å². The molecule has 158 valence electrons. The fourth-order valence-corrected chi connectivity index (χ4v) is 4.29. The summed E-state index contributed by atoms with van der Waals surface area (Å²) >= 11 is 5.59. The van der Waals surface area contributed by atoms with Gasteiger partial charge in [-0.2, -0.15) is 0 Å². The summed E-state index contributed by atoms with van der Waals surface area (Å²) in [5.74, 6) is -3.73. The van der Waals surface area contributed by atoms with E-state index >= 15 is 0 Å². The third-order valence-corrected chi connectivity index (χ3v) is 5.72. The average molecular weight is 440 g/mol. The molecule has 0 saturated heterocycles. The number of carbonyl (C=O) groups excluding carboxylic acids is 2. The van der Waals surface area contributed by atoms with Crippen molar-refractivity contribution in [2.24, 2.45) is 0 Å². The van der Waals surface area contributed by atoms with Crippen molar-refractivity contribution >= 4 is 29.1 Å². The SMILES string of the molecule is Nc1cc(F)c(F)cc1C(=O)NC12CC(NC(=O)COc3ccc(Cl)c(F)c3)(C1)C2. The minimum atomic E-state index is -1.16. The van der Waals surface area contributed by atoms with Crippen LogP contribution in [0.3, 0.4) is 0 Å². The molecule has 0 aromatic heterocycles. The van der Waals surface area contributed by atoms with Crippen molar-refractivity contribution in [3.8, 4) is 5.75 Å². The minimum Gasteiger partial charge on any atom is -0.484 e. The number of halogens is 4. The van der Waals surface area contributed by atoms with Crippen molar-refractivity contribution in [2.75, 3.05) is 12.3 Å². The lowest BCUT2D eigenvalue weighted by atomic mass is 9.44. The van der Waals surface area contributed by atoms with Gasteiger partial charge in [0.25, 0.3) is 11.8 Å². The zero-order valence-corrected chi connectivity index (χ0v) is 16.3. The third kappa shape index (κ3) is 3.65. The molecule has 30 heavy (non-hydrogen) atoms. The molecule has 4 N–H and O–H groups in total. The number of nitrogen functional groups attached to an aromatic ring is 1. The largest absolute Gasteiger partial charge is 0.484 e. The van der Waals surface area contributed by atoms with Gasteiger partial charge in [-0.3, -0.25) is 9.59 Å². The van der Waals surface area contributed by atoms with Crippen LogP contribution in [0.4, 0.5) is 18.9 Å². The Kier molecular flexibility index (Phi) is 4.80. The van der Waals surface area contributed by atoms with Crippen LogP contribution >= 0.6 is 11.6 Å². The molecule has 10 heteroatoms. The van der Waals surface area contributed by atoms with Gasteiger partial charge in [-0.1, -0.05) is 11.6 Å². The number of amides is 2. The molecule has 5 rings (SSSR count). The van der Waals surface area contributed by atoms with Gasteiger partial charge >= 0.3 is 0 Å². The lowest BCUT2D eigenvalue weighted by Crippen LogP contribution is -2.84. The number of hydrogen-bond donors (Lipinski definition) is 3. The molecule has 3 aliphatic carbocycles. The molecule has 0 unspecified atom stereocenters. The number of ether oxygens (including phenoxy) is 1. The maximum atomic E-state index is 13.4. The first-order chi connectivity index (χ1) is 14.1. The van der Waals surface area contributed by atoms with Crippen LogP contribution in [0.25, 0.3) is 0 Å². The molecule has 0 spiro atoms. The van der Waals surface area contributed by atoms with E-state index in [2.05, 4.69) is 10.6 Å². The highest BCUT2D eigenvalue weighted by atomic mass is 35.5. The van der Waals surface area contributed by atoms with E-state index in [1.807, 2.05) is 0 Å². The molecule has 3 aliphatic rings. The van der Waals surface area contributed by atoms with E-state index in [0.717, 1.165) is 18.2 Å². The molecule has 0 atom stereocenters. The van der Waals surface area contributed by atoms with E-state index in [1.165, 1.54) is 12.1 Å². The van der Waals surface area contributed by atoms with E-state index in [-0.39, 0.29) is 34.5 Å². The summed E-state index contributed by atoms with van der Waals surface area (Å²) in [6.45, 7) is -0.298.